The van der Waals surface area contributed by atoms with Gasteiger partial charge in [0.1, 0.15) is 17.6 Å². The van der Waals surface area contributed by atoms with E-state index in [0.717, 1.165) is 11.1 Å². The zero-order chi connectivity index (χ0) is 18.6. The second-order valence-corrected chi connectivity index (χ2v) is 6.10. The van der Waals surface area contributed by atoms with Crippen molar-refractivity contribution in [1.82, 2.24) is 10.3 Å². The molecule has 2 atom stereocenters. The van der Waals surface area contributed by atoms with E-state index in [9.17, 15) is 9.18 Å². The van der Waals surface area contributed by atoms with E-state index in [1.54, 1.807) is 24.4 Å². The van der Waals surface area contributed by atoms with Gasteiger partial charge in [-0.2, -0.15) is 0 Å². The third kappa shape index (κ3) is 3.80. The summed E-state index contributed by atoms with van der Waals surface area (Å²) in [5, 5.41) is 2.76. The summed E-state index contributed by atoms with van der Waals surface area (Å²) in [6.07, 6.45) is 0.499. The summed E-state index contributed by atoms with van der Waals surface area (Å²) in [5.41, 5.74) is 2.88. The molecule has 0 saturated carbocycles. The minimum Gasteiger partial charge on any atom is -0.439 e. The summed E-state index contributed by atoms with van der Waals surface area (Å²) in [7, 11) is 0. The number of ether oxygens (including phenoxy) is 1. The standard InChI is InChI=1S/C22H15FN2O2/c23-18-8-4-7-16(13-18)21-20(25-22(26)27-21)17-10-12-19(24-14-17)11-9-15-5-2-1-3-6-15/h1-8,10,12-14,20-21H,(H,25,26). The highest BCUT2D eigenvalue weighted by Gasteiger charge is 2.36. The number of nitrogens with one attached hydrogen (secondary N) is 1. The first-order chi connectivity index (χ1) is 13.2. The zero-order valence-electron chi connectivity index (χ0n) is 14.2. The largest absolute Gasteiger partial charge is 0.439 e. The van der Waals surface area contributed by atoms with Crippen molar-refractivity contribution in [3.05, 3.63) is 101 Å². The summed E-state index contributed by atoms with van der Waals surface area (Å²) < 4.78 is 18.9. The quantitative estimate of drug-likeness (QED) is 0.701. The molecule has 132 valence electrons. The van der Waals surface area contributed by atoms with Crippen LogP contribution in [0.2, 0.25) is 0 Å². The smallest absolute Gasteiger partial charge is 0.408 e. The van der Waals surface area contributed by atoms with E-state index in [0.29, 0.717) is 11.3 Å². The summed E-state index contributed by atoms with van der Waals surface area (Å²) in [4.78, 5) is 16.1. The van der Waals surface area contributed by atoms with Crippen LogP contribution in [-0.2, 0) is 4.74 Å². The van der Waals surface area contributed by atoms with Crippen molar-refractivity contribution in [1.29, 1.82) is 0 Å². The van der Waals surface area contributed by atoms with Gasteiger partial charge in [-0.25, -0.2) is 14.2 Å². The molecular formula is C22H15FN2O2. The average Bonchev–Trinajstić information content (AvgIpc) is 3.09. The van der Waals surface area contributed by atoms with E-state index < -0.39 is 18.2 Å². The molecule has 1 saturated heterocycles. The number of carbonyl (C=O) groups excluding carboxylic acids is 1. The third-order valence-corrected chi connectivity index (χ3v) is 4.24. The van der Waals surface area contributed by atoms with Gasteiger partial charge in [-0.05, 0) is 47.4 Å². The number of cyclic esters (lactones) is 1. The van der Waals surface area contributed by atoms with Crippen LogP contribution in [0.5, 0.6) is 0 Å². The van der Waals surface area contributed by atoms with E-state index >= 15 is 0 Å². The Bertz CT molecular complexity index is 1020. The minimum atomic E-state index is -0.615. The average molecular weight is 358 g/mol. The lowest BCUT2D eigenvalue weighted by molar-refractivity contribution is 0.132. The van der Waals surface area contributed by atoms with Gasteiger partial charge in [-0.3, -0.25) is 0 Å². The first-order valence-corrected chi connectivity index (χ1v) is 8.45. The molecule has 3 aromatic rings. The third-order valence-electron chi connectivity index (χ3n) is 4.24. The fourth-order valence-corrected chi connectivity index (χ4v) is 2.94. The fraction of sp³-hybridized carbons (Fsp3) is 0.0909. The Morgan fingerprint density at radius 2 is 1.81 bits per heavy atom. The van der Waals surface area contributed by atoms with Crippen LogP contribution in [0.1, 0.15) is 34.5 Å². The maximum Gasteiger partial charge on any atom is 0.408 e. The topological polar surface area (TPSA) is 51.2 Å². The Hall–Kier alpha value is -3.65. The second kappa shape index (κ2) is 7.30. The van der Waals surface area contributed by atoms with Gasteiger partial charge in [0, 0.05) is 11.8 Å². The molecule has 27 heavy (non-hydrogen) atoms. The Balaban J connectivity index is 1.57. The molecule has 1 aliphatic rings. The Labute approximate surface area is 156 Å². The lowest BCUT2D eigenvalue weighted by Crippen LogP contribution is -2.19. The summed E-state index contributed by atoms with van der Waals surface area (Å²) in [6.45, 7) is 0. The summed E-state index contributed by atoms with van der Waals surface area (Å²) in [6, 6.07) is 18.9. The molecule has 5 heteroatoms. The predicted octanol–water partition coefficient (Wildman–Crippen LogP) is 4.14. The summed E-state index contributed by atoms with van der Waals surface area (Å²) >= 11 is 0. The maximum atomic E-state index is 13.5. The number of alkyl carbamates (subject to hydrolysis) is 1. The minimum absolute atomic E-state index is 0.376. The fourth-order valence-electron chi connectivity index (χ4n) is 2.94. The molecule has 4 rings (SSSR count). The number of aromatic nitrogens is 1. The van der Waals surface area contributed by atoms with E-state index in [1.165, 1.54) is 12.1 Å². The number of halogens is 1. The molecule has 2 aromatic carbocycles. The molecule has 1 fully saturated rings. The van der Waals surface area contributed by atoms with Crippen LogP contribution < -0.4 is 5.32 Å². The highest BCUT2D eigenvalue weighted by atomic mass is 19.1. The van der Waals surface area contributed by atoms with Crippen LogP contribution in [0, 0.1) is 17.7 Å². The monoisotopic (exact) mass is 358 g/mol. The Morgan fingerprint density at radius 1 is 0.963 bits per heavy atom. The Kier molecular flexibility index (Phi) is 4.54. The Morgan fingerprint density at radius 3 is 2.56 bits per heavy atom. The first-order valence-electron chi connectivity index (χ1n) is 8.45. The van der Waals surface area contributed by atoms with Crippen molar-refractivity contribution in [2.45, 2.75) is 12.1 Å². The van der Waals surface area contributed by atoms with E-state index in [-0.39, 0.29) is 5.82 Å². The van der Waals surface area contributed by atoms with Crippen molar-refractivity contribution in [2.75, 3.05) is 0 Å². The van der Waals surface area contributed by atoms with E-state index in [2.05, 4.69) is 22.1 Å². The van der Waals surface area contributed by atoms with Crippen molar-refractivity contribution in [3.8, 4) is 11.8 Å². The van der Waals surface area contributed by atoms with Gasteiger partial charge in [-0.1, -0.05) is 42.3 Å². The molecule has 1 amide bonds. The maximum absolute atomic E-state index is 13.5. The highest BCUT2D eigenvalue weighted by Crippen LogP contribution is 2.36. The lowest BCUT2D eigenvalue weighted by atomic mass is 9.97. The van der Waals surface area contributed by atoms with Gasteiger partial charge in [0.25, 0.3) is 0 Å². The van der Waals surface area contributed by atoms with Crippen LogP contribution in [0.25, 0.3) is 0 Å². The molecule has 1 aliphatic heterocycles. The van der Waals surface area contributed by atoms with Gasteiger partial charge < -0.3 is 10.1 Å². The van der Waals surface area contributed by atoms with Crippen molar-refractivity contribution < 1.29 is 13.9 Å². The van der Waals surface area contributed by atoms with Crippen molar-refractivity contribution in [3.63, 3.8) is 0 Å². The number of pyridine rings is 1. The normalized spacial score (nSPS) is 18.2. The SMILES string of the molecule is O=C1NC(c2ccc(C#Cc3ccccc3)nc2)C(c2cccc(F)c2)O1. The number of hydrogen-bond donors (Lipinski definition) is 1. The predicted molar refractivity (Wildman–Crippen MR) is 98.2 cm³/mol. The van der Waals surface area contributed by atoms with Crippen LogP contribution in [0.4, 0.5) is 9.18 Å². The van der Waals surface area contributed by atoms with Crippen LogP contribution in [-0.4, -0.2) is 11.1 Å². The van der Waals surface area contributed by atoms with Gasteiger partial charge in [0.2, 0.25) is 0 Å². The molecule has 0 aliphatic carbocycles. The number of carbonyl (C=O) groups is 1. The number of rotatable bonds is 2. The molecule has 0 bridgehead atoms. The zero-order valence-corrected chi connectivity index (χ0v) is 14.2. The van der Waals surface area contributed by atoms with Crippen molar-refractivity contribution >= 4 is 6.09 Å². The van der Waals surface area contributed by atoms with Gasteiger partial charge >= 0.3 is 6.09 Å². The van der Waals surface area contributed by atoms with Gasteiger partial charge in [0.05, 0.1) is 0 Å². The van der Waals surface area contributed by atoms with E-state index in [1.807, 2.05) is 36.4 Å². The first kappa shape index (κ1) is 16.8. The molecule has 0 spiro atoms. The van der Waals surface area contributed by atoms with Gasteiger partial charge in [0.15, 0.2) is 6.10 Å². The molecule has 0 radical (unpaired) electrons. The highest BCUT2D eigenvalue weighted by molar-refractivity contribution is 5.71. The number of hydrogen-bond acceptors (Lipinski definition) is 3. The number of benzene rings is 2. The molecule has 4 nitrogen and oxygen atoms in total. The molecule has 2 heterocycles. The number of amides is 1. The lowest BCUT2D eigenvalue weighted by Gasteiger charge is -2.17. The second-order valence-electron chi connectivity index (χ2n) is 6.10. The van der Waals surface area contributed by atoms with Gasteiger partial charge in [-0.15, -0.1) is 0 Å². The van der Waals surface area contributed by atoms with Crippen molar-refractivity contribution in [2.24, 2.45) is 0 Å². The van der Waals surface area contributed by atoms with E-state index in [4.69, 9.17) is 4.74 Å². The molecule has 2 unspecified atom stereocenters. The van der Waals surface area contributed by atoms with Crippen LogP contribution in [0.15, 0.2) is 72.9 Å². The van der Waals surface area contributed by atoms with Crippen LogP contribution >= 0.6 is 0 Å². The molecule has 1 aromatic heterocycles. The summed E-state index contributed by atoms with van der Waals surface area (Å²) in [5.74, 6) is 5.68. The van der Waals surface area contributed by atoms with Crippen LogP contribution in [0.3, 0.4) is 0 Å². The molecular weight excluding hydrogens is 343 g/mol. The molecule has 1 N–H and O–H groups in total. The number of nitrogens with zero attached hydrogens (tertiary/aromatic N) is 1.